The van der Waals surface area contributed by atoms with Crippen molar-refractivity contribution in [3.63, 3.8) is 0 Å². The van der Waals surface area contributed by atoms with Gasteiger partial charge in [-0.1, -0.05) is 23.7 Å². The molecule has 0 unspecified atom stereocenters. The molecular formula is C24H19Cl2F3N6O4S. The van der Waals surface area contributed by atoms with E-state index in [9.17, 15) is 26.4 Å². The van der Waals surface area contributed by atoms with Crippen LogP contribution in [0.5, 0.6) is 11.8 Å². The number of urea groups is 1. The second-order valence-corrected chi connectivity index (χ2v) is 10.4. The zero-order valence-electron chi connectivity index (χ0n) is 20.2. The minimum Gasteiger partial charge on any atom is -0.424 e. The van der Waals surface area contributed by atoms with Crippen LogP contribution in [-0.4, -0.2) is 35.7 Å². The van der Waals surface area contributed by atoms with Gasteiger partial charge in [0.1, 0.15) is 11.6 Å². The fourth-order valence-electron chi connectivity index (χ4n) is 3.33. The monoisotopic (exact) mass is 614 g/mol. The molecule has 2 heterocycles. The first kappa shape index (κ1) is 30.4. The lowest BCUT2D eigenvalue weighted by atomic mass is 10.1. The van der Waals surface area contributed by atoms with Crippen LogP contribution in [-0.2, 0) is 16.0 Å². The summed E-state index contributed by atoms with van der Waals surface area (Å²) < 4.78 is 68.8. The van der Waals surface area contributed by atoms with Crippen LogP contribution < -0.4 is 21.1 Å². The quantitative estimate of drug-likeness (QED) is 0.237. The lowest BCUT2D eigenvalue weighted by molar-refractivity contribution is -0.137. The molecule has 2 amide bonds. The Morgan fingerprint density at radius 1 is 0.975 bits per heavy atom. The smallest absolute Gasteiger partial charge is 0.416 e. The van der Waals surface area contributed by atoms with Gasteiger partial charge in [0.05, 0.1) is 39.3 Å². The number of rotatable bonds is 6. The highest BCUT2D eigenvalue weighted by atomic mass is 35.5. The minimum atomic E-state index is -4.74. The van der Waals surface area contributed by atoms with Crippen molar-refractivity contribution >= 4 is 57.1 Å². The molecule has 40 heavy (non-hydrogen) atoms. The highest BCUT2D eigenvalue weighted by Gasteiger charge is 2.32. The van der Waals surface area contributed by atoms with Crippen molar-refractivity contribution in [3.8, 4) is 22.9 Å². The van der Waals surface area contributed by atoms with E-state index in [4.69, 9.17) is 22.1 Å². The summed E-state index contributed by atoms with van der Waals surface area (Å²) in [7, 11) is -3.94. The second kappa shape index (κ2) is 11.9. The molecule has 0 atom stereocenters. The summed E-state index contributed by atoms with van der Waals surface area (Å²) in [5, 5.41) is 4.87. The van der Waals surface area contributed by atoms with Crippen LogP contribution in [0.3, 0.4) is 0 Å². The van der Waals surface area contributed by atoms with Crippen LogP contribution in [0.4, 0.5) is 35.2 Å². The number of hydrogen-bond acceptors (Lipinski definition) is 8. The molecule has 16 heteroatoms. The molecule has 210 valence electrons. The van der Waals surface area contributed by atoms with Crippen molar-refractivity contribution in [1.29, 1.82) is 0 Å². The van der Waals surface area contributed by atoms with Crippen LogP contribution in [0.25, 0.3) is 11.1 Å². The number of benzene rings is 2. The normalized spacial score (nSPS) is 11.3. The van der Waals surface area contributed by atoms with Crippen LogP contribution in [0.1, 0.15) is 5.56 Å². The Morgan fingerprint density at radius 2 is 1.62 bits per heavy atom. The third-order valence-corrected chi connectivity index (χ3v) is 6.46. The number of amides is 2. The van der Waals surface area contributed by atoms with Gasteiger partial charge in [0.15, 0.2) is 9.84 Å². The topological polar surface area (TPSA) is 149 Å². The average Bonchev–Trinajstić information content (AvgIpc) is 2.86. The molecule has 0 radical (unpaired) electrons. The molecule has 0 spiro atoms. The zero-order chi connectivity index (χ0) is 28.4. The molecule has 0 fully saturated rings. The lowest BCUT2D eigenvalue weighted by Crippen LogP contribution is -2.21. The first-order valence-electron chi connectivity index (χ1n) is 10.8. The summed E-state index contributed by atoms with van der Waals surface area (Å²) >= 11 is 5.98. The Bertz CT molecular complexity index is 1640. The average molecular weight is 615 g/mol. The molecule has 4 rings (SSSR count). The Morgan fingerprint density at radius 3 is 2.23 bits per heavy atom. The number of nitrogens with one attached hydrogen (secondary N) is 2. The molecule has 10 nitrogen and oxygen atoms in total. The highest BCUT2D eigenvalue weighted by molar-refractivity contribution is 7.90. The summed E-state index contributed by atoms with van der Waals surface area (Å²) in [5.74, 6) is 0.702. The van der Waals surface area contributed by atoms with Gasteiger partial charge < -0.3 is 21.1 Å². The van der Waals surface area contributed by atoms with Crippen molar-refractivity contribution in [3.05, 3.63) is 77.7 Å². The van der Waals surface area contributed by atoms with Gasteiger partial charge in [-0.2, -0.15) is 13.2 Å². The standard InChI is InChI=1S/C24H18ClF3N6O4S.ClH/c1-39(36,37)20-7-4-14(24(26,27)28)8-19(20)34-22(35)33-16-11-31-23(32-12-16)38-17-5-2-13(3-6-17)18-9-15(25)10-30-21(18)29;/h2-12H,1H3,(H2,29,30)(H2,33,34,35);1H. The maximum absolute atomic E-state index is 13.1. The first-order chi connectivity index (χ1) is 18.3. The molecule has 0 saturated heterocycles. The van der Waals surface area contributed by atoms with E-state index in [0.717, 1.165) is 17.9 Å². The maximum atomic E-state index is 13.1. The van der Waals surface area contributed by atoms with Crippen molar-refractivity contribution in [2.24, 2.45) is 0 Å². The molecule has 0 aliphatic rings. The number of anilines is 3. The van der Waals surface area contributed by atoms with Crippen molar-refractivity contribution < 1.29 is 31.1 Å². The number of aromatic nitrogens is 3. The Kier molecular flexibility index (Phi) is 9.07. The third-order valence-electron chi connectivity index (χ3n) is 5.10. The number of carbonyl (C=O) groups is 1. The SMILES string of the molecule is CS(=O)(=O)c1ccc(C(F)(F)F)cc1NC(=O)Nc1cnc(Oc2ccc(-c3cc(Cl)cnc3N)cc2)nc1.Cl. The van der Waals surface area contributed by atoms with Gasteiger partial charge in [0.25, 0.3) is 0 Å². The zero-order valence-corrected chi connectivity index (χ0v) is 22.6. The Hall–Kier alpha value is -4.14. The molecule has 0 saturated carbocycles. The number of nitrogens with two attached hydrogens (primary N) is 1. The number of hydrogen-bond donors (Lipinski definition) is 3. The molecule has 0 aliphatic carbocycles. The molecule has 2 aromatic carbocycles. The molecule has 0 bridgehead atoms. The minimum absolute atomic E-state index is 0. The number of ether oxygens (including phenoxy) is 1. The van der Waals surface area contributed by atoms with E-state index < -0.39 is 38.2 Å². The largest absolute Gasteiger partial charge is 0.424 e. The van der Waals surface area contributed by atoms with Crippen molar-refractivity contribution in [1.82, 2.24) is 15.0 Å². The number of halogens is 5. The number of alkyl halides is 3. The number of carbonyl (C=O) groups excluding carboxylic acids is 1. The predicted molar refractivity (Wildman–Crippen MR) is 146 cm³/mol. The van der Waals surface area contributed by atoms with E-state index in [1.165, 1.54) is 18.6 Å². The third kappa shape index (κ3) is 7.49. The summed E-state index contributed by atoms with van der Waals surface area (Å²) in [6.45, 7) is 0. The van der Waals surface area contributed by atoms with E-state index in [0.29, 0.717) is 34.3 Å². The van der Waals surface area contributed by atoms with E-state index in [1.807, 2.05) is 0 Å². The lowest BCUT2D eigenvalue weighted by Gasteiger charge is -2.14. The molecule has 0 aliphatic heterocycles. The molecule has 2 aromatic heterocycles. The van der Waals surface area contributed by atoms with Gasteiger partial charge in [-0.25, -0.2) is 28.2 Å². The van der Waals surface area contributed by atoms with E-state index >= 15 is 0 Å². The van der Waals surface area contributed by atoms with Gasteiger partial charge in [-0.3, -0.25) is 0 Å². The van der Waals surface area contributed by atoms with E-state index in [2.05, 4.69) is 25.6 Å². The van der Waals surface area contributed by atoms with E-state index in [-0.39, 0.29) is 24.1 Å². The number of nitrogen functional groups attached to an aromatic ring is 1. The summed E-state index contributed by atoms with van der Waals surface area (Å²) in [4.78, 5) is 23.9. The van der Waals surface area contributed by atoms with Crippen LogP contribution in [0.2, 0.25) is 5.02 Å². The number of sulfone groups is 1. The summed E-state index contributed by atoms with van der Waals surface area (Å²) in [5.41, 5.74) is 5.69. The Balaban J connectivity index is 0.00000441. The molecular weight excluding hydrogens is 596 g/mol. The fraction of sp³-hybridized carbons (Fsp3) is 0.0833. The number of nitrogens with zero attached hydrogens (tertiary/aromatic N) is 3. The maximum Gasteiger partial charge on any atom is 0.416 e. The van der Waals surface area contributed by atoms with Crippen LogP contribution >= 0.6 is 24.0 Å². The Labute approximate surface area is 237 Å². The predicted octanol–water partition coefficient (Wildman–Crippen LogP) is 6.05. The van der Waals surface area contributed by atoms with Crippen molar-refractivity contribution in [2.75, 3.05) is 22.6 Å². The fourth-order valence-corrected chi connectivity index (χ4v) is 4.32. The van der Waals surface area contributed by atoms with Crippen LogP contribution in [0.15, 0.2) is 72.0 Å². The first-order valence-corrected chi connectivity index (χ1v) is 13.1. The van der Waals surface area contributed by atoms with Gasteiger partial charge in [0.2, 0.25) is 0 Å². The van der Waals surface area contributed by atoms with Crippen molar-refractivity contribution in [2.45, 2.75) is 11.1 Å². The summed E-state index contributed by atoms with van der Waals surface area (Å²) in [6.07, 6.45) is -0.110. The van der Waals surface area contributed by atoms with Gasteiger partial charge >= 0.3 is 18.2 Å². The van der Waals surface area contributed by atoms with Crippen LogP contribution in [0, 0.1) is 0 Å². The highest BCUT2D eigenvalue weighted by Crippen LogP contribution is 2.34. The molecule has 4 aromatic rings. The number of pyridine rings is 1. The molecule has 4 N–H and O–H groups in total. The van der Waals surface area contributed by atoms with E-state index in [1.54, 1.807) is 30.3 Å². The summed E-state index contributed by atoms with van der Waals surface area (Å²) in [6, 6.07) is 9.29. The second-order valence-electron chi connectivity index (χ2n) is 8.03. The van der Waals surface area contributed by atoms with Gasteiger partial charge in [0, 0.05) is 18.0 Å². The van der Waals surface area contributed by atoms with Gasteiger partial charge in [-0.05, 0) is 42.0 Å². The van der Waals surface area contributed by atoms with Gasteiger partial charge in [-0.15, -0.1) is 12.4 Å².